The van der Waals surface area contributed by atoms with Gasteiger partial charge in [-0.3, -0.25) is 61.6 Å². The second kappa shape index (κ2) is 30.4. The van der Waals surface area contributed by atoms with Crippen molar-refractivity contribution in [2.24, 2.45) is 20.5 Å². The number of nitrogens with zero attached hydrogens (tertiary/aromatic N) is 16. The molecule has 0 spiro atoms. The maximum Gasteiger partial charge on any atom is 0.469 e. The molecule has 0 saturated carbocycles. The van der Waals surface area contributed by atoms with Gasteiger partial charge in [0.05, 0.1) is 74.1 Å². The number of phosphoric acid groups is 1. The van der Waals surface area contributed by atoms with E-state index in [0.717, 1.165) is 9.13 Å². The fraction of sp³-hybridized carbons (Fsp3) is 0.634. The van der Waals surface area contributed by atoms with Crippen LogP contribution in [-0.2, 0) is 37.2 Å². The van der Waals surface area contributed by atoms with Crippen molar-refractivity contribution < 1.29 is 81.5 Å². The lowest BCUT2D eigenvalue weighted by atomic mass is 10.1. The number of phosphoric ester groups is 1. The third-order valence-electron chi connectivity index (χ3n) is 13.3. The Labute approximate surface area is 485 Å². The zero-order chi connectivity index (χ0) is 64.9. The number of hydrogen-bond acceptors (Lipinski definition) is 21. The van der Waals surface area contributed by atoms with E-state index in [4.69, 9.17) is 75.5 Å². The minimum atomic E-state index is -4.71. The lowest BCUT2D eigenvalue weighted by molar-refractivity contribution is -0.0418. The fourth-order valence-electron chi connectivity index (χ4n) is 9.00. The van der Waals surface area contributed by atoms with Crippen LogP contribution in [0.3, 0.4) is 0 Å². The Balaban J connectivity index is 0.000000212. The van der Waals surface area contributed by atoms with Crippen molar-refractivity contribution in [3.63, 3.8) is 0 Å². The first-order valence-electron chi connectivity index (χ1n) is 25.3. The van der Waals surface area contributed by atoms with Gasteiger partial charge >= 0.3 is 46.1 Å². The Morgan fingerprint density at radius 3 is 1.33 bits per heavy atom. The van der Waals surface area contributed by atoms with Crippen molar-refractivity contribution in [2.75, 3.05) is 25.5 Å². The summed E-state index contributed by atoms with van der Waals surface area (Å²) in [5, 5.41) is 35.0. The molecule has 4 saturated heterocycles. The molecular weight excluding hydrogens is 1230 g/mol. The Morgan fingerprint density at radius 2 is 0.943 bits per heavy atom. The minimum Gasteiger partial charge on any atom is -0.394 e. The molecule has 5 aliphatic heterocycles. The summed E-state index contributed by atoms with van der Waals surface area (Å²) in [6, 6.07) is -3.28. The number of aromatic nitrogens is 6. The molecule has 3 aromatic heterocycles. The number of urea groups is 1. The Bertz CT molecular complexity index is 3620. The van der Waals surface area contributed by atoms with E-state index in [0.29, 0.717) is 17.6 Å². The standard InChI is InChI=1S/C11H16N5O6P.C10H14N5O7P.C10H14N5O6P.C10H15N5O4/c1-6-5-16(11(18)13-10(6)17)9-4-7(14-15-12)8(22-9)2-3-23(19,20)21;1-5-3-15(10(17)12-9(5)16)8-2-6(13-14-11)7(22-8)4-21-23(18,19)20;1-5-3-15(10(17)12-9(5)16)8-2-6(13-14-11)7(21-8)4-22(18,19)20;1-5-3-15(10(18)12-9(5)17)8-2-6(13-14-11)7(4-16)19-8/h5,7-9H,2-4H2,1H3,(H,13,17,18)(H2,19,20,21);3,6-8H,2,4H2,1H3,(H,12,16,17)(H2,18,19,20);3,6-8H,2,4H2,1H3,(H,12,16,17)(H2,18,19,20);3,6-9,16-17H,2,4H2,1H3,(H,12,18)/t7-,8-,9-;2*6-,7-,8-;6-,7-,8-,9?/m1111/s1. The van der Waals surface area contributed by atoms with E-state index in [1.807, 2.05) is 0 Å². The van der Waals surface area contributed by atoms with Crippen LogP contribution in [0.15, 0.2) is 79.6 Å². The van der Waals surface area contributed by atoms with Crippen molar-refractivity contribution >= 4 is 29.0 Å². The van der Waals surface area contributed by atoms with Crippen LogP contribution < -0.4 is 39.1 Å². The highest BCUT2D eigenvalue weighted by molar-refractivity contribution is 7.52. The van der Waals surface area contributed by atoms with E-state index >= 15 is 0 Å². The highest BCUT2D eigenvalue weighted by Gasteiger charge is 2.43. The molecule has 87 heavy (non-hydrogen) atoms. The van der Waals surface area contributed by atoms with Crippen molar-refractivity contribution in [3.8, 4) is 0 Å². The quantitative estimate of drug-likeness (QED) is 0.0374. The van der Waals surface area contributed by atoms with Gasteiger partial charge in [-0.1, -0.05) is 20.5 Å². The number of azide groups is 4. The predicted molar refractivity (Wildman–Crippen MR) is 292 cm³/mol. The number of H-pyrrole nitrogens is 3. The number of rotatable bonds is 17. The molecule has 5 aliphatic rings. The van der Waals surface area contributed by atoms with Crippen molar-refractivity contribution in [3.05, 3.63) is 151 Å². The van der Waals surface area contributed by atoms with E-state index in [1.165, 1.54) is 55.0 Å². The lowest BCUT2D eigenvalue weighted by Gasteiger charge is -2.32. The summed E-state index contributed by atoms with van der Waals surface area (Å²) in [5.41, 5.74) is 31.9. The van der Waals surface area contributed by atoms with Crippen LogP contribution in [0.4, 0.5) is 4.79 Å². The molecule has 8 rings (SSSR count). The SMILES string of the molecule is CC1=CN([C@H]2C[C@@H](N=[N+]=[N-])[C@@H](CO)O2)C(=O)NC1O.Cc1cn([C@H]2C[C@@H](N=[N+]=[N-])[C@@H](CCP(=O)(O)O)O2)c(=O)[nH]c1=O.Cc1cn([C@H]2C[C@@H](N=[N+]=[N-])[C@@H](COP(=O)(O)O)O2)c(=O)[nH]c1=O.Cc1cn([C@H]2C[C@@H](N=[N+]=[N-])[C@@H](CP(=O)(O)O)O2)c(=O)[nH]c1=O. The molecule has 3 aromatic rings. The Morgan fingerprint density at radius 1 is 0.575 bits per heavy atom. The topological polar surface area (TPSA) is 651 Å². The second-order valence-corrected chi connectivity index (χ2v) is 24.3. The van der Waals surface area contributed by atoms with Gasteiger partial charge in [0.15, 0.2) is 6.23 Å². The first-order valence-corrected chi connectivity index (χ1v) is 30.4. The van der Waals surface area contributed by atoms with E-state index < -0.39 is 161 Å². The summed E-state index contributed by atoms with van der Waals surface area (Å²) in [6.07, 6.45) is -2.48. The number of aryl methyl sites for hydroxylation is 3. The molecule has 46 heteroatoms. The summed E-state index contributed by atoms with van der Waals surface area (Å²) < 4.78 is 62.7. The molecule has 13 atom stereocenters. The molecule has 43 nitrogen and oxygen atoms in total. The molecule has 1 unspecified atom stereocenters. The van der Waals surface area contributed by atoms with Crippen LogP contribution in [0.25, 0.3) is 41.8 Å². The maximum absolute atomic E-state index is 11.9. The van der Waals surface area contributed by atoms with Gasteiger partial charge in [-0.15, -0.1) is 0 Å². The molecular formula is C41H59N20O23P3. The average Bonchev–Trinajstić information content (AvgIpc) is 2.14. The number of carbonyl (C=O) groups excluding carboxylic acids is 1. The number of ether oxygens (including phenoxy) is 4. The number of nitrogens with one attached hydrogen (secondary N) is 4. The van der Waals surface area contributed by atoms with E-state index in [1.54, 1.807) is 6.92 Å². The molecule has 2 amide bonds. The molecule has 0 bridgehead atoms. The fourth-order valence-corrected chi connectivity index (χ4v) is 10.7. The molecule has 8 heterocycles. The number of aliphatic hydroxyl groups is 2. The third-order valence-corrected chi connectivity index (χ3v) is 15.4. The van der Waals surface area contributed by atoms with Crippen LogP contribution in [-0.4, -0.2) is 166 Å². The predicted octanol–water partition coefficient (Wildman–Crippen LogP) is 0.309. The Kier molecular flexibility index (Phi) is 24.5. The smallest absolute Gasteiger partial charge is 0.394 e. The maximum atomic E-state index is 11.9. The van der Waals surface area contributed by atoms with E-state index in [-0.39, 0.29) is 43.4 Å². The number of hydrogen-bond donors (Lipinski definition) is 12. The molecule has 0 aromatic carbocycles. The normalized spacial score (nSPS) is 26.8. The van der Waals surface area contributed by atoms with E-state index in [9.17, 15) is 52.4 Å². The Hall–Kier alpha value is -7.54. The second-order valence-electron chi connectivity index (χ2n) is 19.6. The lowest BCUT2D eigenvalue weighted by Crippen LogP contribution is -2.51. The van der Waals surface area contributed by atoms with Gasteiger partial charge in [-0.2, -0.15) is 0 Å². The van der Waals surface area contributed by atoms with E-state index in [2.05, 4.69) is 64.9 Å². The summed E-state index contributed by atoms with van der Waals surface area (Å²) in [6.45, 7) is 5.40. The number of amides is 2. The molecule has 0 aliphatic carbocycles. The first kappa shape index (κ1) is 70.2. The summed E-state index contributed by atoms with van der Waals surface area (Å²) >= 11 is 0. The number of aromatic amines is 3. The molecule has 476 valence electrons. The monoisotopic (exact) mass is 1290 g/mol. The zero-order valence-corrected chi connectivity index (χ0v) is 48.6. The van der Waals surface area contributed by atoms with Gasteiger partial charge in [0.25, 0.3) is 16.7 Å². The van der Waals surface area contributed by atoms with Crippen molar-refractivity contribution in [1.29, 1.82) is 0 Å². The van der Waals surface area contributed by atoms with Crippen LogP contribution in [0.1, 0.15) is 74.4 Å². The van der Waals surface area contributed by atoms with Crippen LogP contribution in [0.5, 0.6) is 0 Å². The van der Waals surface area contributed by atoms with Crippen molar-refractivity contribution in [2.45, 2.75) is 140 Å². The van der Waals surface area contributed by atoms with Gasteiger partial charge in [0.1, 0.15) is 24.9 Å². The zero-order valence-electron chi connectivity index (χ0n) is 45.9. The molecule has 12 N–H and O–H groups in total. The van der Waals surface area contributed by atoms with Gasteiger partial charge in [-0.25, -0.2) is 23.7 Å². The third kappa shape index (κ3) is 20.0. The molecule has 0 radical (unpaired) electrons. The largest absolute Gasteiger partial charge is 0.469 e. The summed E-state index contributed by atoms with van der Waals surface area (Å²) in [5.74, 6) is 0. The number of aliphatic hydroxyl groups excluding tert-OH is 2. The highest BCUT2D eigenvalue weighted by atomic mass is 31.2. The van der Waals surface area contributed by atoms with Gasteiger partial charge in [-0.05, 0) is 61.8 Å². The highest BCUT2D eigenvalue weighted by Crippen LogP contribution is 2.43. The molecule has 4 fully saturated rings. The first-order chi connectivity index (χ1) is 40.7. The van der Waals surface area contributed by atoms with Gasteiger partial charge in [0, 0.05) is 86.8 Å². The minimum absolute atomic E-state index is 0.0124. The number of carbonyl (C=O) groups is 1. The van der Waals surface area contributed by atoms with Crippen LogP contribution in [0.2, 0.25) is 0 Å². The van der Waals surface area contributed by atoms with Crippen LogP contribution in [0, 0.1) is 20.8 Å². The summed E-state index contributed by atoms with van der Waals surface area (Å²) in [7, 11) is -13.3. The van der Waals surface area contributed by atoms with Gasteiger partial charge in [0.2, 0.25) is 0 Å². The van der Waals surface area contributed by atoms with Crippen molar-refractivity contribution in [1.82, 2.24) is 38.9 Å². The average molecular weight is 1290 g/mol. The van der Waals surface area contributed by atoms with Crippen LogP contribution >= 0.6 is 23.0 Å². The summed E-state index contributed by atoms with van der Waals surface area (Å²) in [4.78, 5) is 153. The van der Waals surface area contributed by atoms with Gasteiger partial charge < -0.3 is 63.8 Å².